The van der Waals surface area contributed by atoms with Crippen LogP contribution in [0.15, 0.2) is 35.1 Å². The molecule has 0 amide bonds. The third kappa shape index (κ3) is 0.990. The zero-order valence-corrected chi connectivity index (χ0v) is 7.14. The molecule has 0 unspecified atom stereocenters. The number of nitrogens with zero attached hydrogens (tertiary/aromatic N) is 3. The third-order valence-electron chi connectivity index (χ3n) is 2.02. The normalized spacial score (nSPS) is 10.9. The molecule has 2 heterocycles. The van der Waals surface area contributed by atoms with Crippen LogP contribution in [0.5, 0.6) is 0 Å². The van der Waals surface area contributed by atoms with E-state index in [1.165, 1.54) is 0 Å². The highest BCUT2D eigenvalue weighted by atomic mass is 16.5. The summed E-state index contributed by atoms with van der Waals surface area (Å²) < 4.78 is 4.95. The van der Waals surface area contributed by atoms with E-state index in [0.29, 0.717) is 5.58 Å². The van der Waals surface area contributed by atoms with Crippen LogP contribution in [0.25, 0.3) is 22.5 Å². The SMILES string of the molecule is c1c[nH]c(-c2ccc3nnoc3c2)n1. The van der Waals surface area contributed by atoms with Crippen LogP contribution in [0, 0.1) is 0 Å². The average molecular weight is 186 g/mol. The van der Waals surface area contributed by atoms with Crippen molar-refractivity contribution in [3.8, 4) is 11.4 Å². The van der Waals surface area contributed by atoms with E-state index in [0.717, 1.165) is 16.9 Å². The van der Waals surface area contributed by atoms with E-state index in [1.807, 2.05) is 18.2 Å². The number of fused-ring (bicyclic) bond motifs is 1. The number of aromatic amines is 1. The second-order valence-electron chi connectivity index (χ2n) is 2.89. The maximum atomic E-state index is 4.95. The molecule has 1 aromatic carbocycles. The van der Waals surface area contributed by atoms with Crippen molar-refractivity contribution < 1.29 is 4.52 Å². The van der Waals surface area contributed by atoms with E-state index in [-0.39, 0.29) is 0 Å². The maximum Gasteiger partial charge on any atom is 0.188 e. The molecular weight excluding hydrogens is 180 g/mol. The van der Waals surface area contributed by atoms with Gasteiger partial charge in [-0.25, -0.2) is 4.98 Å². The molecule has 0 aliphatic rings. The Labute approximate surface area is 78.8 Å². The van der Waals surface area contributed by atoms with Gasteiger partial charge in [-0.1, -0.05) is 0 Å². The van der Waals surface area contributed by atoms with Gasteiger partial charge in [0.15, 0.2) is 5.58 Å². The van der Waals surface area contributed by atoms with Gasteiger partial charge in [0.1, 0.15) is 11.3 Å². The number of rotatable bonds is 1. The van der Waals surface area contributed by atoms with Gasteiger partial charge in [0.05, 0.1) is 0 Å². The number of H-pyrrole nitrogens is 1. The second kappa shape index (κ2) is 2.66. The standard InChI is InChI=1S/C9H6N4O/c1-2-7-8(14-13-12-7)5-6(1)9-10-3-4-11-9/h1-5H,(H,10,11). The molecule has 5 nitrogen and oxygen atoms in total. The van der Waals surface area contributed by atoms with Crippen molar-refractivity contribution in [3.63, 3.8) is 0 Å². The molecule has 3 aromatic rings. The number of imidazole rings is 1. The van der Waals surface area contributed by atoms with E-state index in [2.05, 4.69) is 20.3 Å². The van der Waals surface area contributed by atoms with Gasteiger partial charge in [0.25, 0.3) is 0 Å². The summed E-state index contributed by atoms with van der Waals surface area (Å²) in [6, 6.07) is 5.63. The lowest BCUT2D eigenvalue weighted by molar-refractivity contribution is 0.424. The van der Waals surface area contributed by atoms with Crippen molar-refractivity contribution in [2.45, 2.75) is 0 Å². The lowest BCUT2D eigenvalue weighted by Crippen LogP contribution is -1.79. The molecule has 0 bridgehead atoms. The summed E-state index contributed by atoms with van der Waals surface area (Å²) in [5, 5.41) is 7.26. The highest BCUT2D eigenvalue weighted by Crippen LogP contribution is 2.19. The minimum absolute atomic E-state index is 0.666. The Hall–Kier alpha value is -2.17. The Morgan fingerprint density at radius 2 is 2.29 bits per heavy atom. The molecule has 0 saturated carbocycles. The maximum absolute atomic E-state index is 4.95. The molecule has 0 saturated heterocycles. The Bertz CT molecular complexity index is 555. The number of nitrogens with one attached hydrogen (secondary N) is 1. The van der Waals surface area contributed by atoms with Gasteiger partial charge in [0.2, 0.25) is 0 Å². The third-order valence-corrected chi connectivity index (χ3v) is 2.02. The monoisotopic (exact) mass is 186 g/mol. The summed E-state index contributed by atoms with van der Waals surface area (Å²) in [7, 11) is 0. The van der Waals surface area contributed by atoms with Crippen LogP contribution >= 0.6 is 0 Å². The molecule has 3 rings (SSSR count). The van der Waals surface area contributed by atoms with E-state index in [9.17, 15) is 0 Å². The molecule has 0 aliphatic carbocycles. The van der Waals surface area contributed by atoms with Gasteiger partial charge in [-0.05, 0) is 18.2 Å². The van der Waals surface area contributed by atoms with Gasteiger partial charge in [-0.15, -0.1) is 5.10 Å². The number of aromatic nitrogens is 4. The highest BCUT2D eigenvalue weighted by Gasteiger charge is 2.04. The fourth-order valence-corrected chi connectivity index (χ4v) is 1.35. The van der Waals surface area contributed by atoms with Crippen LogP contribution in [0.2, 0.25) is 0 Å². The van der Waals surface area contributed by atoms with Crippen LogP contribution < -0.4 is 0 Å². The van der Waals surface area contributed by atoms with Gasteiger partial charge in [-0.2, -0.15) is 0 Å². The molecular formula is C9H6N4O. The number of hydrogen-bond donors (Lipinski definition) is 1. The van der Waals surface area contributed by atoms with Gasteiger partial charge >= 0.3 is 0 Å². The Balaban J connectivity index is 2.23. The summed E-state index contributed by atoms with van der Waals surface area (Å²) in [5.41, 5.74) is 2.38. The summed E-state index contributed by atoms with van der Waals surface area (Å²) >= 11 is 0. The predicted molar refractivity (Wildman–Crippen MR) is 49.4 cm³/mol. The van der Waals surface area contributed by atoms with Crippen molar-refractivity contribution in [1.82, 2.24) is 20.3 Å². The van der Waals surface area contributed by atoms with Crippen LogP contribution in [0.4, 0.5) is 0 Å². The van der Waals surface area contributed by atoms with Crippen molar-refractivity contribution in [1.29, 1.82) is 0 Å². The van der Waals surface area contributed by atoms with Crippen molar-refractivity contribution in [2.75, 3.05) is 0 Å². The summed E-state index contributed by atoms with van der Waals surface area (Å²) in [4.78, 5) is 7.16. The minimum atomic E-state index is 0.666. The van der Waals surface area contributed by atoms with Crippen molar-refractivity contribution in [2.24, 2.45) is 0 Å². The lowest BCUT2D eigenvalue weighted by Gasteiger charge is -1.93. The zero-order chi connectivity index (χ0) is 9.38. The molecule has 5 heteroatoms. The number of hydrogen-bond acceptors (Lipinski definition) is 4. The molecule has 0 spiro atoms. The zero-order valence-electron chi connectivity index (χ0n) is 7.14. The largest absolute Gasteiger partial charge is 0.345 e. The van der Waals surface area contributed by atoms with Crippen LogP contribution in [-0.2, 0) is 0 Å². The first-order chi connectivity index (χ1) is 6.93. The minimum Gasteiger partial charge on any atom is -0.345 e. The molecule has 1 N–H and O–H groups in total. The molecule has 0 radical (unpaired) electrons. The quantitative estimate of drug-likeness (QED) is 0.626. The smallest absolute Gasteiger partial charge is 0.188 e. The first kappa shape index (κ1) is 7.25. The molecule has 0 aliphatic heterocycles. The van der Waals surface area contributed by atoms with Gasteiger partial charge in [0, 0.05) is 23.2 Å². The highest BCUT2D eigenvalue weighted by molar-refractivity contribution is 5.77. The summed E-state index contributed by atoms with van der Waals surface area (Å²) in [6.07, 6.45) is 3.48. The van der Waals surface area contributed by atoms with Gasteiger partial charge in [-0.3, -0.25) is 0 Å². The summed E-state index contributed by atoms with van der Waals surface area (Å²) in [6.45, 7) is 0. The Kier molecular flexibility index (Phi) is 1.38. The molecule has 2 aromatic heterocycles. The molecule has 14 heavy (non-hydrogen) atoms. The van der Waals surface area contributed by atoms with Crippen molar-refractivity contribution in [3.05, 3.63) is 30.6 Å². The topological polar surface area (TPSA) is 67.6 Å². The van der Waals surface area contributed by atoms with Crippen LogP contribution in [-0.4, -0.2) is 20.3 Å². The van der Waals surface area contributed by atoms with Crippen LogP contribution in [0.3, 0.4) is 0 Å². The van der Waals surface area contributed by atoms with E-state index >= 15 is 0 Å². The van der Waals surface area contributed by atoms with E-state index < -0.39 is 0 Å². The lowest BCUT2D eigenvalue weighted by atomic mass is 10.2. The number of benzene rings is 1. The average Bonchev–Trinajstić information content (AvgIpc) is 2.88. The Morgan fingerprint density at radius 1 is 1.29 bits per heavy atom. The van der Waals surface area contributed by atoms with E-state index in [1.54, 1.807) is 12.4 Å². The van der Waals surface area contributed by atoms with Gasteiger partial charge < -0.3 is 9.51 Å². The predicted octanol–water partition coefficient (Wildman–Crippen LogP) is 1.61. The fourth-order valence-electron chi connectivity index (χ4n) is 1.35. The van der Waals surface area contributed by atoms with Crippen LogP contribution in [0.1, 0.15) is 0 Å². The fraction of sp³-hybridized carbons (Fsp3) is 0. The molecule has 0 fully saturated rings. The first-order valence-electron chi connectivity index (χ1n) is 4.15. The molecule has 68 valence electrons. The summed E-state index contributed by atoms with van der Waals surface area (Å²) in [5.74, 6) is 0.809. The Morgan fingerprint density at radius 3 is 3.14 bits per heavy atom. The first-order valence-corrected chi connectivity index (χ1v) is 4.15. The second-order valence-corrected chi connectivity index (χ2v) is 2.89. The van der Waals surface area contributed by atoms with E-state index in [4.69, 9.17) is 4.52 Å². The molecule has 0 atom stereocenters. The van der Waals surface area contributed by atoms with Crippen molar-refractivity contribution >= 4 is 11.1 Å².